The zero-order valence-corrected chi connectivity index (χ0v) is 12.8. The average molecular weight is 332 g/mol. The molecule has 0 saturated carbocycles. The van der Waals surface area contributed by atoms with Crippen molar-refractivity contribution < 1.29 is 4.92 Å². The van der Waals surface area contributed by atoms with E-state index in [0.29, 0.717) is 15.5 Å². The molecule has 0 aliphatic heterocycles. The first-order valence-electron chi connectivity index (χ1n) is 6.32. The summed E-state index contributed by atoms with van der Waals surface area (Å²) in [5.41, 5.74) is 2.28. The fourth-order valence-electron chi connectivity index (χ4n) is 2.15. The van der Waals surface area contributed by atoms with Gasteiger partial charge >= 0.3 is 0 Å². The molecule has 0 aliphatic rings. The van der Waals surface area contributed by atoms with Gasteiger partial charge in [-0.1, -0.05) is 29.8 Å². The highest BCUT2D eigenvalue weighted by Gasteiger charge is 2.12. The van der Waals surface area contributed by atoms with Crippen LogP contribution in [0.4, 0.5) is 5.69 Å². The van der Waals surface area contributed by atoms with E-state index in [-0.39, 0.29) is 5.69 Å². The van der Waals surface area contributed by atoms with E-state index < -0.39 is 4.92 Å². The Kier molecular flexibility index (Phi) is 3.79. The van der Waals surface area contributed by atoms with Crippen molar-refractivity contribution in [2.24, 2.45) is 0 Å². The number of aromatic nitrogens is 1. The summed E-state index contributed by atoms with van der Waals surface area (Å²) in [5.74, 6) is 0. The van der Waals surface area contributed by atoms with Crippen LogP contribution < -0.4 is 4.80 Å². The molecule has 2 aromatic carbocycles. The Bertz CT molecular complexity index is 900. The molecular weight excluding hydrogens is 322 g/mol. The molecule has 5 nitrogen and oxygen atoms in total. The Morgan fingerprint density at radius 1 is 1.18 bits per heavy atom. The molecule has 0 atom stereocenters. The van der Waals surface area contributed by atoms with Gasteiger partial charge in [0, 0.05) is 22.5 Å². The minimum absolute atomic E-state index is 0.00217. The van der Waals surface area contributed by atoms with Crippen molar-refractivity contribution in [2.45, 2.75) is 0 Å². The number of non-ortho nitro benzene ring substituents is 1. The van der Waals surface area contributed by atoms with Gasteiger partial charge in [0.1, 0.15) is 0 Å². The van der Waals surface area contributed by atoms with Gasteiger partial charge in [0.15, 0.2) is 4.80 Å². The van der Waals surface area contributed by atoms with E-state index in [2.05, 4.69) is 0 Å². The molecule has 0 fully saturated rings. The third kappa shape index (κ3) is 2.66. The van der Waals surface area contributed by atoms with Crippen LogP contribution in [-0.2, 0) is 0 Å². The lowest BCUT2D eigenvalue weighted by Gasteiger charge is -2.09. The fraction of sp³-hybridized carbons (Fsp3) is 0. The maximum absolute atomic E-state index is 10.9. The van der Waals surface area contributed by atoms with E-state index in [4.69, 9.17) is 17.0 Å². The first-order chi connectivity index (χ1) is 10.6. The Morgan fingerprint density at radius 2 is 1.91 bits per heavy atom. The molecule has 22 heavy (non-hydrogen) atoms. The van der Waals surface area contributed by atoms with Gasteiger partial charge in [-0.05, 0) is 23.8 Å². The first kappa shape index (κ1) is 14.5. The molecular formula is C15H10ClN3O2S. The van der Waals surface area contributed by atoms with Crippen LogP contribution in [0.5, 0.6) is 0 Å². The number of nitrogens with zero attached hydrogens (tertiary/aromatic N) is 2. The maximum Gasteiger partial charge on any atom is 0.271 e. The van der Waals surface area contributed by atoms with Crippen LogP contribution in [0, 0.1) is 15.5 Å². The summed E-state index contributed by atoms with van der Waals surface area (Å²) in [6.45, 7) is 0. The topological polar surface area (TPSA) is 71.9 Å². The molecule has 3 aromatic rings. The fourth-order valence-corrected chi connectivity index (χ4v) is 3.05. The predicted molar refractivity (Wildman–Crippen MR) is 86.6 cm³/mol. The minimum Gasteiger partial charge on any atom is -0.285 e. The van der Waals surface area contributed by atoms with Gasteiger partial charge in [-0.25, -0.2) is 0 Å². The Balaban J connectivity index is 2.18. The third-order valence-electron chi connectivity index (χ3n) is 3.16. The number of rotatable bonds is 3. The number of halogens is 1. The van der Waals surface area contributed by atoms with Gasteiger partial charge in [0.25, 0.3) is 5.69 Å². The number of nitrogens with one attached hydrogen (secondary N) is 1. The van der Waals surface area contributed by atoms with Gasteiger partial charge in [-0.2, -0.15) is 0 Å². The highest BCUT2D eigenvalue weighted by Crippen LogP contribution is 2.26. The van der Waals surface area contributed by atoms with E-state index >= 15 is 0 Å². The van der Waals surface area contributed by atoms with Crippen LogP contribution in [0.25, 0.3) is 16.9 Å². The summed E-state index contributed by atoms with van der Waals surface area (Å²) in [6, 6.07) is 13.5. The van der Waals surface area contributed by atoms with Crippen LogP contribution in [0.1, 0.15) is 0 Å². The van der Waals surface area contributed by atoms with E-state index in [0.717, 1.165) is 11.3 Å². The van der Waals surface area contributed by atoms with Crippen LogP contribution in [0.2, 0.25) is 5.02 Å². The Hall–Kier alpha value is -2.44. The van der Waals surface area contributed by atoms with Crippen molar-refractivity contribution in [3.63, 3.8) is 0 Å². The summed E-state index contributed by atoms with van der Waals surface area (Å²) >= 11 is 7.17. The largest absolute Gasteiger partial charge is 0.285 e. The molecule has 0 amide bonds. The Labute approximate surface area is 134 Å². The van der Waals surface area contributed by atoms with Crippen molar-refractivity contribution in [3.05, 3.63) is 73.8 Å². The van der Waals surface area contributed by atoms with Crippen LogP contribution in [-0.4, -0.2) is 9.49 Å². The van der Waals surface area contributed by atoms with Crippen molar-refractivity contribution in [1.82, 2.24) is 4.57 Å². The highest BCUT2D eigenvalue weighted by atomic mass is 35.5. The normalized spacial score (nSPS) is 10.6. The summed E-state index contributed by atoms with van der Waals surface area (Å²) < 4.78 is 1.68. The summed E-state index contributed by atoms with van der Waals surface area (Å²) in [5, 5.41) is 21.5. The summed E-state index contributed by atoms with van der Waals surface area (Å²) in [6.07, 6.45) is 0. The number of benzene rings is 2. The van der Waals surface area contributed by atoms with Crippen molar-refractivity contribution in [2.75, 3.05) is 0 Å². The second kappa shape index (κ2) is 5.75. The maximum atomic E-state index is 10.9. The lowest BCUT2D eigenvalue weighted by Crippen LogP contribution is -2.12. The van der Waals surface area contributed by atoms with Gasteiger partial charge in [0.2, 0.25) is 0 Å². The second-order valence-corrected chi connectivity index (χ2v) is 5.84. The van der Waals surface area contributed by atoms with Crippen molar-refractivity contribution in [3.8, 4) is 16.9 Å². The number of hydrogen-bond acceptors (Lipinski definition) is 4. The van der Waals surface area contributed by atoms with Crippen LogP contribution >= 0.6 is 22.9 Å². The van der Waals surface area contributed by atoms with E-state index in [1.54, 1.807) is 28.8 Å². The van der Waals surface area contributed by atoms with Crippen molar-refractivity contribution in [1.29, 1.82) is 5.41 Å². The zero-order valence-electron chi connectivity index (χ0n) is 11.2. The quantitative estimate of drug-likeness (QED) is 0.575. The van der Waals surface area contributed by atoms with Gasteiger partial charge in [-0.3, -0.25) is 20.1 Å². The highest BCUT2D eigenvalue weighted by molar-refractivity contribution is 7.07. The molecule has 0 aliphatic carbocycles. The van der Waals surface area contributed by atoms with Crippen molar-refractivity contribution >= 4 is 28.6 Å². The zero-order chi connectivity index (χ0) is 15.7. The first-order valence-corrected chi connectivity index (χ1v) is 7.58. The summed E-state index contributed by atoms with van der Waals surface area (Å²) in [4.78, 5) is 10.8. The van der Waals surface area contributed by atoms with E-state index in [9.17, 15) is 10.1 Å². The van der Waals surface area contributed by atoms with Crippen LogP contribution in [0.3, 0.4) is 0 Å². The molecule has 0 saturated heterocycles. The van der Waals surface area contributed by atoms with Gasteiger partial charge in [-0.15, -0.1) is 11.3 Å². The number of nitro benzene ring substituents is 1. The minimum atomic E-state index is -0.442. The van der Waals surface area contributed by atoms with Gasteiger partial charge < -0.3 is 0 Å². The van der Waals surface area contributed by atoms with Gasteiger partial charge in [0.05, 0.1) is 16.3 Å². The van der Waals surface area contributed by atoms with E-state index in [1.807, 2.05) is 17.5 Å². The molecule has 0 unspecified atom stereocenters. The second-order valence-electron chi connectivity index (χ2n) is 4.55. The standard InChI is InChI=1S/C15H10ClN3O2S/c16-11-6-4-10(5-7-11)14-9-22-15(17)18(14)12-2-1-3-13(8-12)19(20)21/h1-9,17H. The SMILES string of the molecule is N=c1scc(-c2ccc(Cl)cc2)n1-c1cccc([N+](=O)[O-])c1. The monoisotopic (exact) mass is 331 g/mol. The smallest absolute Gasteiger partial charge is 0.271 e. The van der Waals surface area contributed by atoms with Crippen LogP contribution in [0.15, 0.2) is 53.9 Å². The predicted octanol–water partition coefficient (Wildman–Crippen LogP) is 4.25. The molecule has 110 valence electrons. The average Bonchev–Trinajstić information content (AvgIpc) is 2.90. The summed E-state index contributed by atoms with van der Waals surface area (Å²) in [7, 11) is 0. The Morgan fingerprint density at radius 3 is 2.59 bits per heavy atom. The number of hydrogen-bond donors (Lipinski definition) is 1. The molecule has 0 spiro atoms. The lowest BCUT2D eigenvalue weighted by atomic mass is 10.1. The lowest BCUT2D eigenvalue weighted by molar-refractivity contribution is -0.384. The number of thiazole rings is 1. The molecule has 1 aromatic heterocycles. The molecule has 0 bridgehead atoms. The third-order valence-corrected chi connectivity index (χ3v) is 4.16. The molecule has 7 heteroatoms. The molecule has 0 radical (unpaired) electrons. The molecule has 3 rings (SSSR count). The molecule has 1 N–H and O–H groups in total. The molecule has 1 heterocycles. The van der Waals surface area contributed by atoms with E-state index in [1.165, 1.54) is 23.5 Å². The number of nitro groups is 1.